The second kappa shape index (κ2) is 9.16. The lowest BCUT2D eigenvalue weighted by molar-refractivity contribution is 0.597. The fourth-order valence-corrected chi connectivity index (χ4v) is 4.39. The highest BCUT2D eigenvalue weighted by Crippen LogP contribution is 2.23. The summed E-state index contributed by atoms with van der Waals surface area (Å²) in [6.45, 7) is 5.92. The Kier molecular flexibility index (Phi) is 5.55. The fourth-order valence-electron chi connectivity index (χ4n) is 4.39. The Bertz CT molecular complexity index is 1640. The number of anilines is 2. The standard InChI is InChI=1S/C26H23N9O/c1-2-13-34-25(36)20-16-30-26(31-19-8-7-17-9-12-27-15-18(17)14-19)33-24(20)35(34)22-6-3-5-21(32-22)23-28-10-4-11-29-23/h2-8,10-11,14,16,27H,1,9,12-13,15H2,(H,30,31,33). The van der Waals surface area contributed by atoms with E-state index in [1.54, 1.807) is 40.1 Å². The van der Waals surface area contributed by atoms with Crippen molar-refractivity contribution in [2.75, 3.05) is 11.9 Å². The molecule has 10 nitrogen and oxygen atoms in total. The number of pyridine rings is 1. The van der Waals surface area contributed by atoms with Crippen LogP contribution in [-0.2, 0) is 19.5 Å². The lowest BCUT2D eigenvalue weighted by Crippen LogP contribution is -2.23. The van der Waals surface area contributed by atoms with Gasteiger partial charge in [0.2, 0.25) is 5.95 Å². The summed E-state index contributed by atoms with van der Waals surface area (Å²) in [7, 11) is 0. The molecule has 0 amide bonds. The van der Waals surface area contributed by atoms with Gasteiger partial charge in [-0.1, -0.05) is 18.2 Å². The van der Waals surface area contributed by atoms with Gasteiger partial charge in [0.1, 0.15) is 11.1 Å². The first-order chi connectivity index (χ1) is 17.7. The number of fused-ring (bicyclic) bond motifs is 2. The summed E-state index contributed by atoms with van der Waals surface area (Å²) in [6, 6.07) is 13.5. The van der Waals surface area contributed by atoms with E-state index in [2.05, 4.69) is 44.3 Å². The van der Waals surface area contributed by atoms with Gasteiger partial charge in [-0.2, -0.15) is 4.98 Å². The molecule has 0 saturated carbocycles. The van der Waals surface area contributed by atoms with Gasteiger partial charge in [-0.05, 0) is 54.4 Å². The van der Waals surface area contributed by atoms with E-state index >= 15 is 0 Å². The van der Waals surface area contributed by atoms with E-state index in [4.69, 9.17) is 9.97 Å². The maximum Gasteiger partial charge on any atom is 0.278 e. The third kappa shape index (κ3) is 3.93. The van der Waals surface area contributed by atoms with Crippen molar-refractivity contribution in [3.05, 3.63) is 95.2 Å². The highest BCUT2D eigenvalue weighted by Gasteiger charge is 2.19. The minimum atomic E-state index is -0.223. The number of aromatic nitrogens is 7. The largest absolute Gasteiger partial charge is 0.324 e. The van der Waals surface area contributed by atoms with Crippen LogP contribution < -0.4 is 16.2 Å². The summed E-state index contributed by atoms with van der Waals surface area (Å²) < 4.78 is 3.23. The van der Waals surface area contributed by atoms with E-state index in [0.29, 0.717) is 34.3 Å². The van der Waals surface area contributed by atoms with Crippen molar-refractivity contribution < 1.29 is 0 Å². The summed E-state index contributed by atoms with van der Waals surface area (Å²) in [5, 5.41) is 7.07. The molecule has 5 aromatic rings. The van der Waals surface area contributed by atoms with Crippen LogP contribution in [0.3, 0.4) is 0 Å². The van der Waals surface area contributed by atoms with Crippen molar-refractivity contribution in [3.8, 4) is 17.3 Å². The number of allylic oxidation sites excluding steroid dienone is 1. The number of hydrogen-bond donors (Lipinski definition) is 2. The smallest absolute Gasteiger partial charge is 0.278 e. The molecular formula is C26H23N9O. The Balaban J connectivity index is 1.45. The molecule has 36 heavy (non-hydrogen) atoms. The summed E-state index contributed by atoms with van der Waals surface area (Å²) in [5.41, 5.74) is 4.29. The molecule has 0 unspecified atom stereocenters. The normalized spacial score (nSPS) is 12.9. The van der Waals surface area contributed by atoms with Crippen LogP contribution in [0.15, 0.2) is 78.5 Å². The van der Waals surface area contributed by atoms with Crippen LogP contribution in [0, 0.1) is 0 Å². The van der Waals surface area contributed by atoms with E-state index in [-0.39, 0.29) is 12.1 Å². The zero-order valence-corrected chi connectivity index (χ0v) is 19.4. The zero-order valence-electron chi connectivity index (χ0n) is 19.4. The van der Waals surface area contributed by atoms with Gasteiger partial charge in [0, 0.05) is 30.8 Å². The van der Waals surface area contributed by atoms with Crippen molar-refractivity contribution in [3.63, 3.8) is 0 Å². The van der Waals surface area contributed by atoms with Gasteiger partial charge in [0.05, 0.1) is 6.54 Å². The third-order valence-corrected chi connectivity index (χ3v) is 6.07. The predicted octanol–water partition coefficient (Wildman–Crippen LogP) is 3.01. The first-order valence-corrected chi connectivity index (χ1v) is 11.6. The fraction of sp³-hybridized carbons (Fsp3) is 0.154. The zero-order chi connectivity index (χ0) is 24.5. The van der Waals surface area contributed by atoms with Crippen molar-refractivity contribution >= 4 is 22.7 Å². The van der Waals surface area contributed by atoms with E-state index in [1.807, 2.05) is 24.3 Å². The minimum Gasteiger partial charge on any atom is -0.324 e. The minimum absolute atomic E-state index is 0.223. The molecule has 1 aliphatic rings. The van der Waals surface area contributed by atoms with Crippen LogP contribution in [0.25, 0.3) is 28.4 Å². The van der Waals surface area contributed by atoms with Crippen molar-refractivity contribution in [1.29, 1.82) is 0 Å². The van der Waals surface area contributed by atoms with Crippen LogP contribution in [0.2, 0.25) is 0 Å². The highest BCUT2D eigenvalue weighted by atomic mass is 16.1. The molecule has 0 spiro atoms. The van der Waals surface area contributed by atoms with Gasteiger partial charge in [0.25, 0.3) is 5.56 Å². The third-order valence-electron chi connectivity index (χ3n) is 6.07. The van der Waals surface area contributed by atoms with Crippen LogP contribution in [0.5, 0.6) is 0 Å². The first kappa shape index (κ1) is 21.8. The summed E-state index contributed by atoms with van der Waals surface area (Å²) in [6.07, 6.45) is 7.55. The summed E-state index contributed by atoms with van der Waals surface area (Å²) in [4.78, 5) is 35.7. The second-order valence-electron chi connectivity index (χ2n) is 8.41. The van der Waals surface area contributed by atoms with Crippen molar-refractivity contribution in [2.45, 2.75) is 19.5 Å². The van der Waals surface area contributed by atoms with E-state index < -0.39 is 0 Å². The average Bonchev–Trinajstić information content (AvgIpc) is 3.20. The molecule has 4 aromatic heterocycles. The average molecular weight is 478 g/mol. The Morgan fingerprint density at radius 1 is 1.06 bits per heavy atom. The number of nitrogens with one attached hydrogen (secondary N) is 2. The Morgan fingerprint density at radius 2 is 1.94 bits per heavy atom. The van der Waals surface area contributed by atoms with Crippen LogP contribution in [0.4, 0.5) is 11.6 Å². The second-order valence-corrected chi connectivity index (χ2v) is 8.41. The molecule has 0 bridgehead atoms. The van der Waals surface area contributed by atoms with Crippen molar-refractivity contribution in [2.24, 2.45) is 0 Å². The van der Waals surface area contributed by atoms with Gasteiger partial charge in [-0.15, -0.1) is 6.58 Å². The molecule has 10 heteroatoms. The monoisotopic (exact) mass is 477 g/mol. The van der Waals surface area contributed by atoms with Crippen LogP contribution in [0.1, 0.15) is 11.1 Å². The topological polar surface area (TPSA) is 115 Å². The molecule has 0 atom stereocenters. The molecule has 1 aromatic carbocycles. The van der Waals surface area contributed by atoms with E-state index in [1.165, 1.54) is 11.1 Å². The molecule has 1 aliphatic heterocycles. The van der Waals surface area contributed by atoms with E-state index in [0.717, 1.165) is 25.2 Å². The molecular weight excluding hydrogens is 454 g/mol. The molecule has 5 heterocycles. The maximum absolute atomic E-state index is 13.2. The number of benzene rings is 1. The van der Waals surface area contributed by atoms with Gasteiger partial charge in [-0.25, -0.2) is 29.3 Å². The highest BCUT2D eigenvalue weighted by molar-refractivity contribution is 5.77. The molecule has 0 saturated heterocycles. The molecule has 6 rings (SSSR count). The Morgan fingerprint density at radius 3 is 2.81 bits per heavy atom. The first-order valence-electron chi connectivity index (χ1n) is 11.6. The van der Waals surface area contributed by atoms with Gasteiger partial charge >= 0.3 is 0 Å². The lowest BCUT2D eigenvalue weighted by Gasteiger charge is -2.18. The van der Waals surface area contributed by atoms with Crippen molar-refractivity contribution in [1.82, 2.24) is 39.6 Å². The van der Waals surface area contributed by atoms with Gasteiger partial charge in [-0.3, -0.25) is 4.79 Å². The Hall–Kier alpha value is -4.70. The predicted molar refractivity (Wildman–Crippen MR) is 137 cm³/mol. The molecule has 2 N–H and O–H groups in total. The lowest BCUT2D eigenvalue weighted by atomic mass is 10.0. The van der Waals surface area contributed by atoms with E-state index in [9.17, 15) is 4.79 Å². The molecule has 178 valence electrons. The van der Waals surface area contributed by atoms with Crippen LogP contribution in [-0.4, -0.2) is 40.8 Å². The van der Waals surface area contributed by atoms with Crippen LogP contribution >= 0.6 is 0 Å². The summed E-state index contributed by atoms with van der Waals surface area (Å²) in [5.74, 6) is 1.39. The number of hydrogen-bond acceptors (Lipinski definition) is 8. The Labute approximate surface area is 206 Å². The molecule has 0 radical (unpaired) electrons. The molecule has 0 fully saturated rings. The number of nitrogens with zero attached hydrogens (tertiary/aromatic N) is 7. The number of rotatable bonds is 6. The quantitative estimate of drug-likeness (QED) is 0.359. The maximum atomic E-state index is 13.2. The van der Waals surface area contributed by atoms with Gasteiger partial charge in [0.15, 0.2) is 17.3 Å². The van der Waals surface area contributed by atoms with Gasteiger partial charge < -0.3 is 10.6 Å². The molecule has 0 aliphatic carbocycles. The summed E-state index contributed by atoms with van der Waals surface area (Å²) >= 11 is 0. The SMILES string of the molecule is C=CCn1c(=O)c2cnc(Nc3ccc4c(c3)CNCC4)nc2n1-c1cccc(-c2ncccn2)n1.